The third-order valence-electron chi connectivity index (χ3n) is 5.11. The summed E-state index contributed by atoms with van der Waals surface area (Å²) in [5.41, 5.74) is 4.99. The fraction of sp³-hybridized carbons (Fsp3) is 0.409. The average molecular weight is 383 g/mol. The molecule has 0 fully saturated rings. The molecule has 0 aliphatic carbocycles. The number of hydrogen-bond acceptors (Lipinski definition) is 4. The first-order valence-electron chi connectivity index (χ1n) is 9.51. The van der Waals surface area contributed by atoms with Crippen LogP contribution < -0.4 is 19.7 Å². The van der Waals surface area contributed by atoms with Gasteiger partial charge in [0.15, 0.2) is 17.5 Å². The van der Waals surface area contributed by atoms with Crippen LogP contribution in [0, 0.1) is 0 Å². The van der Waals surface area contributed by atoms with Crippen LogP contribution in [-0.4, -0.2) is 52.8 Å². The quantitative estimate of drug-likeness (QED) is 0.637. The summed E-state index contributed by atoms with van der Waals surface area (Å²) >= 11 is 0. The lowest BCUT2D eigenvalue weighted by Gasteiger charge is -2.32. The van der Waals surface area contributed by atoms with Crippen LogP contribution in [0.3, 0.4) is 0 Å². The maximum Gasteiger partial charge on any atom is 0.194 e. The Labute approximate surface area is 167 Å². The lowest BCUT2D eigenvalue weighted by atomic mass is 9.99. The molecule has 6 nitrogen and oxygen atoms in total. The predicted octanol–water partition coefficient (Wildman–Crippen LogP) is 2.90. The first-order valence-corrected chi connectivity index (χ1v) is 9.51. The largest absolute Gasteiger partial charge is 0.493 e. The highest BCUT2D eigenvalue weighted by atomic mass is 16.5. The molecule has 28 heavy (non-hydrogen) atoms. The minimum absolute atomic E-state index is 0.740. The van der Waals surface area contributed by atoms with Crippen LogP contribution in [0.4, 0.5) is 5.69 Å². The van der Waals surface area contributed by atoms with Crippen molar-refractivity contribution in [1.82, 2.24) is 10.2 Å². The molecule has 0 radical (unpaired) electrons. The number of ether oxygens (including phenoxy) is 2. The fourth-order valence-electron chi connectivity index (χ4n) is 3.52. The summed E-state index contributed by atoms with van der Waals surface area (Å²) in [5, 5.41) is 3.50. The van der Waals surface area contributed by atoms with E-state index in [1.54, 1.807) is 14.2 Å². The van der Waals surface area contributed by atoms with Crippen molar-refractivity contribution in [1.29, 1.82) is 0 Å². The molecule has 0 saturated carbocycles. The molecule has 2 aromatic rings. The Morgan fingerprint density at radius 1 is 1.11 bits per heavy atom. The molecular weight excluding hydrogens is 352 g/mol. The number of guanidine groups is 1. The number of benzene rings is 2. The molecule has 0 bridgehead atoms. The van der Waals surface area contributed by atoms with Crippen molar-refractivity contribution in [3.8, 4) is 11.5 Å². The summed E-state index contributed by atoms with van der Waals surface area (Å²) < 4.78 is 10.9. The standard InChI is InChI=1S/C22H30N4O2/c1-23-22(24-14-16-7-6-8-19(11-16)25(2)3)26-10-9-17-12-20(27-4)21(28-5)13-18(17)15-26/h6-8,11-13H,9-10,14-15H2,1-5H3,(H,23,24). The normalized spacial score (nSPS) is 13.8. The second-order valence-electron chi connectivity index (χ2n) is 7.11. The molecule has 150 valence electrons. The number of aliphatic imine (C=N–C) groups is 1. The molecule has 0 atom stereocenters. The number of anilines is 1. The summed E-state index contributed by atoms with van der Waals surface area (Å²) in [6, 6.07) is 12.7. The van der Waals surface area contributed by atoms with Crippen LogP contribution in [0.5, 0.6) is 11.5 Å². The molecule has 1 N–H and O–H groups in total. The molecule has 1 aliphatic rings. The number of nitrogens with zero attached hydrogens (tertiary/aromatic N) is 3. The Bertz CT molecular complexity index is 848. The van der Waals surface area contributed by atoms with Gasteiger partial charge in [-0.05, 0) is 47.4 Å². The molecule has 6 heteroatoms. The van der Waals surface area contributed by atoms with E-state index >= 15 is 0 Å². The van der Waals surface area contributed by atoms with E-state index in [4.69, 9.17) is 9.47 Å². The maximum absolute atomic E-state index is 5.47. The number of hydrogen-bond donors (Lipinski definition) is 1. The summed E-state index contributed by atoms with van der Waals surface area (Å²) in [6.45, 7) is 2.45. The van der Waals surface area contributed by atoms with Gasteiger partial charge >= 0.3 is 0 Å². The Kier molecular flexibility index (Phi) is 6.29. The second kappa shape index (κ2) is 8.87. The van der Waals surface area contributed by atoms with Crippen molar-refractivity contribution < 1.29 is 9.47 Å². The molecule has 0 spiro atoms. The number of methoxy groups -OCH3 is 2. The average Bonchev–Trinajstić information content (AvgIpc) is 2.73. The second-order valence-corrected chi connectivity index (χ2v) is 7.11. The summed E-state index contributed by atoms with van der Waals surface area (Å²) in [6.07, 6.45) is 0.951. The van der Waals surface area contributed by atoms with E-state index in [0.29, 0.717) is 0 Å². The molecule has 0 unspecified atom stereocenters. The van der Waals surface area contributed by atoms with E-state index in [-0.39, 0.29) is 0 Å². The highest BCUT2D eigenvalue weighted by molar-refractivity contribution is 5.80. The summed E-state index contributed by atoms with van der Waals surface area (Å²) in [7, 11) is 9.30. The SMILES string of the molecule is CN=C(NCc1cccc(N(C)C)c1)N1CCc2cc(OC)c(OC)cc2C1. The van der Waals surface area contributed by atoms with Gasteiger partial charge in [0.25, 0.3) is 0 Å². The van der Waals surface area contributed by atoms with E-state index in [1.165, 1.54) is 22.4 Å². The van der Waals surface area contributed by atoms with Gasteiger partial charge in [0.1, 0.15) is 0 Å². The molecule has 0 saturated heterocycles. The number of fused-ring (bicyclic) bond motifs is 1. The van der Waals surface area contributed by atoms with Gasteiger partial charge in [-0.25, -0.2) is 0 Å². The minimum atomic E-state index is 0.740. The lowest BCUT2D eigenvalue weighted by Crippen LogP contribution is -2.43. The molecule has 3 rings (SSSR count). The van der Waals surface area contributed by atoms with Gasteiger partial charge in [0, 0.05) is 46.5 Å². The van der Waals surface area contributed by atoms with Crippen LogP contribution >= 0.6 is 0 Å². The van der Waals surface area contributed by atoms with E-state index in [9.17, 15) is 0 Å². The lowest BCUT2D eigenvalue weighted by molar-refractivity contribution is 0.346. The topological polar surface area (TPSA) is 49.3 Å². The van der Waals surface area contributed by atoms with Crippen LogP contribution in [0.1, 0.15) is 16.7 Å². The first-order chi connectivity index (χ1) is 13.5. The van der Waals surface area contributed by atoms with Crippen LogP contribution in [0.25, 0.3) is 0 Å². The first kappa shape index (κ1) is 19.9. The molecule has 0 aromatic heterocycles. The van der Waals surface area contributed by atoms with Crippen molar-refractivity contribution >= 4 is 11.6 Å². The van der Waals surface area contributed by atoms with Crippen molar-refractivity contribution in [3.63, 3.8) is 0 Å². The smallest absolute Gasteiger partial charge is 0.194 e. The van der Waals surface area contributed by atoms with E-state index in [2.05, 4.69) is 70.6 Å². The summed E-state index contributed by atoms with van der Waals surface area (Å²) in [5.74, 6) is 2.47. The van der Waals surface area contributed by atoms with Crippen molar-refractivity contribution in [2.45, 2.75) is 19.5 Å². The van der Waals surface area contributed by atoms with Gasteiger partial charge in [0.2, 0.25) is 0 Å². The van der Waals surface area contributed by atoms with Crippen LogP contribution in [0.2, 0.25) is 0 Å². The Balaban J connectivity index is 1.70. The zero-order valence-corrected chi connectivity index (χ0v) is 17.5. The maximum atomic E-state index is 5.47. The molecule has 0 amide bonds. The van der Waals surface area contributed by atoms with Crippen molar-refractivity contribution in [2.24, 2.45) is 4.99 Å². The molecule has 2 aromatic carbocycles. The fourth-order valence-corrected chi connectivity index (χ4v) is 3.52. The molecule has 1 aliphatic heterocycles. The number of rotatable bonds is 5. The zero-order chi connectivity index (χ0) is 20.1. The van der Waals surface area contributed by atoms with E-state index < -0.39 is 0 Å². The Morgan fingerprint density at radius 3 is 2.46 bits per heavy atom. The Hall–Kier alpha value is -2.89. The third kappa shape index (κ3) is 4.32. The third-order valence-corrected chi connectivity index (χ3v) is 5.11. The van der Waals surface area contributed by atoms with Crippen molar-refractivity contribution in [3.05, 3.63) is 53.1 Å². The Morgan fingerprint density at radius 2 is 1.82 bits per heavy atom. The molecular formula is C22H30N4O2. The highest BCUT2D eigenvalue weighted by Gasteiger charge is 2.21. The summed E-state index contributed by atoms with van der Waals surface area (Å²) in [4.78, 5) is 8.89. The monoisotopic (exact) mass is 382 g/mol. The van der Waals surface area contributed by atoms with E-state index in [0.717, 1.165) is 43.5 Å². The van der Waals surface area contributed by atoms with Gasteiger partial charge in [0.05, 0.1) is 14.2 Å². The van der Waals surface area contributed by atoms with Crippen molar-refractivity contribution in [2.75, 3.05) is 46.8 Å². The van der Waals surface area contributed by atoms with Gasteiger partial charge in [-0.1, -0.05) is 12.1 Å². The minimum Gasteiger partial charge on any atom is -0.493 e. The predicted molar refractivity (Wildman–Crippen MR) is 115 cm³/mol. The van der Waals surface area contributed by atoms with Gasteiger partial charge in [-0.2, -0.15) is 0 Å². The van der Waals surface area contributed by atoms with Crippen LogP contribution in [-0.2, 0) is 19.5 Å². The van der Waals surface area contributed by atoms with Gasteiger partial charge in [-0.3, -0.25) is 4.99 Å². The van der Waals surface area contributed by atoms with Gasteiger partial charge in [-0.15, -0.1) is 0 Å². The number of nitrogens with one attached hydrogen (secondary N) is 1. The van der Waals surface area contributed by atoms with Gasteiger partial charge < -0.3 is 24.6 Å². The van der Waals surface area contributed by atoms with E-state index in [1.807, 2.05) is 7.05 Å². The zero-order valence-electron chi connectivity index (χ0n) is 17.5. The molecule has 1 heterocycles. The highest BCUT2D eigenvalue weighted by Crippen LogP contribution is 2.33. The van der Waals surface area contributed by atoms with Crippen LogP contribution in [0.15, 0.2) is 41.4 Å².